The molecule has 0 heterocycles. The minimum Gasteiger partial charge on any atom is -0.294 e. The molecule has 0 aliphatic rings. The summed E-state index contributed by atoms with van der Waals surface area (Å²) in [4.78, 5) is 11.9. The molecule has 92 valence electrons. The van der Waals surface area contributed by atoms with Crippen molar-refractivity contribution in [1.82, 2.24) is 0 Å². The van der Waals surface area contributed by atoms with E-state index in [9.17, 15) is 4.79 Å². The van der Waals surface area contributed by atoms with E-state index >= 15 is 0 Å². The van der Waals surface area contributed by atoms with Gasteiger partial charge in [0.05, 0.1) is 0 Å². The number of hydrogen-bond acceptors (Lipinski definition) is 1. The first-order valence-electron chi connectivity index (χ1n) is 6.35. The van der Waals surface area contributed by atoms with E-state index < -0.39 is 0 Å². The second-order valence-electron chi connectivity index (χ2n) is 4.63. The van der Waals surface area contributed by atoms with Crippen LogP contribution in [0.1, 0.15) is 17.3 Å². The van der Waals surface area contributed by atoms with Crippen LogP contribution in [0.15, 0.2) is 66.7 Å². The van der Waals surface area contributed by atoms with E-state index in [1.807, 2.05) is 54.6 Å². The maximum atomic E-state index is 11.9. The maximum absolute atomic E-state index is 11.9. The van der Waals surface area contributed by atoms with Crippen LogP contribution in [0.2, 0.25) is 0 Å². The Hall–Kier alpha value is -2.41. The molecule has 0 aliphatic heterocycles. The van der Waals surface area contributed by atoms with E-state index in [0.29, 0.717) is 0 Å². The molecule has 3 rings (SSSR count). The minimum absolute atomic E-state index is 0.101. The summed E-state index contributed by atoms with van der Waals surface area (Å²) in [7, 11) is 0. The molecule has 0 atom stereocenters. The molecule has 0 aliphatic carbocycles. The number of rotatable bonds is 2. The van der Waals surface area contributed by atoms with Crippen molar-refractivity contribution >= 4 is 16.6 Å². The first-order valence-corrected chi connectivity index (χ1v) is 6.35. The standard InChI is InChI=1S/C18H14O/c1-13(19)16-12-11-14-7-5-6-10-17(14)18(16)15-8-3-2-4-9-15/h2-12H,1H3. The Labute approximate surface area is 112 Å². The number of carbonyl (C=O) groups excluding carboxylic acids is 1. The number of carbonyl (C=O) groups is 1. The zero-order chi connectivity index (χ0) is 13.2. The van der Waals surface area contributed by atoms with Crippen LogP contribution < -0.4 is 0 Å². The fourth-order valence-corrected chi connectivity index (χ4v) is 2.48. The van der Waals surface area contributed by atoms with Crippen molar-refractivity contribution < 1.29 is 4.79 Å². The van der Waals surface area contributed by atoms with Gasteiger partial charge in [0.2, 0.25) is 0 Å². The Balaban J connectivity index is 2.42. The summed E-state index contributed by atoms with van der Waals surface area (Å²) < 4.78 is 0. The van der Waals surface area contributed by atoms with Crippen LogP contribution >= 0.6 is 0 Å². The first kappa shape index (κ1) is 11.7. The number of fused-ring (bicyclic) bond motifs is 1. The fraction of sp³-hybridized carbons (Fsp3) is 0.0556. The van der Waals surface area contributed by atoms with Crippen molar-refractivity contribution in [1.29, 1.82) is 0 Å². The normalized spacial score (nSPS) is 10.6. The van der Waals surface area contributed by atoms with Crippen molar-refractivity contribution in [3.8, 4) is 11.1 Å². The molecule has 3 aromatic rings. The second-order valence-corrected chi connectivity index (χ2v) is 4.63. The average molecular weight is 246 g/mol. The molecule has 3 aromatic carbocycles. The van der Waals surface area contributed by atoms with Crippen LogP contribution in [0.5, 0.6) is 0 Å². The van der Waals surface area contributed by atoms with Gasteiger partial charge in [-0.2, -0.15) is 0 Å². The molecule has 19 heavy (non-hydrogen) atoms. The fourth-order valence-electron chi connectivity index (χ4n) is 2.48. The SMILES string of the molecule is CC(=O)c1ccc2ccccc2c1-c1ccccc1. The molecule has 0 saturated heterocycles. The van der Waals surface area contributed by atoms with Gasteiger partial charge in [-0.05, 0) is 23.3 Å². The second kappa shape index (κ2) is 4.69. The summed E-state index contributed by atoms with van der Waals surface area (Å²) in [6, 6.07) is 22.2. The summed E-state index contributed by atoms with van der Waals surface area (Å²) >= 11 is 0. The predicted octanol–water partition coefficient (Wildman–Crippen LogP) is 4.71. The van der Waals surface area contributed by atoms with Gasteiger partial charge in [0.1, 0.15) is 0 Å². The summed E-state index contributed by atoms with van der Waals surface area (Å²) in [5.74, 6) is 0.101. The highest BCUT2D eigenvalue weighted by Crippen LogP contribution is 2.32. The molecule has 0 spiro atoms. The van der Waals surface area contributed by atoms with Gasteiger partial charge in [-0.15, -0.1) is 0 Å². The molecule has 0 unspecified atom stereocenters. The van der Waals surface area contributed by atoms with Gasteiger partial charge >= 0.3 is 0 Å². The molecule has 0 radical (unpaired) electrons. The van der Waals surface area contributed by atoms with Crippen LogP contribution in [-0.2, 0) is 0 Å². The van der Waals surface area contributed by atoms with E-state index in [1.54, 1.807) is 6.92 Å². The Morgan fingerprint density at radius 2 is 1.47 bits per heavy atom. The minimum atomic E-state index is 0.101. The van der Waals surface area contributed by atoms with Crippen LogP contribution in [0.3, 0.4) is 0 Å². The molecule has 1 heteroatoms. The van der Waals surface area contributed by atoms with Crippen LogP contribution in [0.4, 0.5) is 0 Å². The van der Waals surface area contributed by atoms with Crippen molar-refractivity contribution in [2.45, 2.75) is 6.92 Å². The number of Topliss-reactive ketones (excluding diaryl/α,β-unsaturated/α-hetero) is 1. The largest absolute Gasteiger partial charge is 0.294 e. The summed E-state index contributed by atoms with van der Waals surface area (Å²) in [6.45, 7) is 1.62. The van der Waals surface area contributed by atoms with Gasteiger partial charge in [0.25, 0.3) is 0 Å². The summed E-state index contributed by atoms with van der Waals surface area (Å²) in [5, 5.41) is 2.28. The molecule has 0 bridgehead atoms. The zero-order valence-electron chi connectivity index (χ0n) is 10.8. The lowest BCUT2D eigenvalue weighted by Crippen LogP contribution is -1.97. The molecule has 1 nitrogen and oxygen atoms in total. The molecule has 0 N–H and O–H groups in total. The number of hydrogen-bond donors (Lipinski definition) is 0. The first-order chi connectivity index (χ1) is 9.27. The maximum Gasteiger partial charge on any atom is 0.160 e. The lowest BCUT2D eigenvalue weighted by molar-refractivity contribution is 0.101. The van der Waals surface area contributed by atoms with Crippen molar-refractivity contribution in [3.63, 3.8) is 0 Å². The van der Waals surface area contributed by atoms with Crippen LogP contribution in [0, 0.1) is 0 Å². The topological polar surface area (TPSA) is 17.1 Å². The quantitative estimate of drug-likeness (QED) is 0.598. The van der Waals surface area contributed by atoms with Gasteiger partial charge < -0.3 is 0 Å². The summed E-state index contributed by atoms with van der Waals surface area (Å²) in [6.07, 6.45) is 0. The van der Waals surface area contributed by atoms with E-state index in [2.05, 4.69) is 12.1 Å². The number of ketones is 1. The molecule has 0 saturated carbocycles. The van der Waals surface area contributed by atoms with Gasteiger partial charge in [-0.1, -0.05) is 66.7 Å². The highest BCUT2D eigenvalue weighted by atomic mass is 16.1. The third-order valence-electron chi connectivity index (χ3n) is 3.37. The Kier molecular flexibility index (Phi) is 2.88. The molecule has 0 fully saturated rings. The van der Waals surface area contributed by atoms with Gasteiger partial charge in [0.15, 0.2) is 5.78 Å². The molecular weight excluding hydrogens is 232 g/mol. The van der Waals surface area contributed by atoms with E-state index in [0.717, 1.165) is 27.5 Å². The molecule has 0 aromatic heterocycles. The van der Waals surface area contributed by atoms with Crippen molar-refractivity contribution in [2.24, 2.45) is 0 Å². The van der Waals surface area contributed by atoms with Crippen LogP contribution in [-0.4, -0.2) is 5.78 Å². The Morgan fingerprint density at radius 3 is 2.21 bits per heavy atom. The van der Waals surface area contributed by atoms with E-state index in [4.69, 9.17) is 0 Å². The summed E-state index contributed by atoms with van der Waals surface area (Å²) in [5.41, 5.74) is 2.90. The third kappa shape index (κ3) is 2.04. The average Bonchev–Trinajstić information content (AvgIpc) is 2.46. The van der Waals surface area contributed by atoms with Gasteiger partial charge in [-0.25, -0.2) is 0 Å². The highest BCUT2D eigenvalue weighted by molar-refractivity contribution is 6.09. The van der Waals surface area contributed by atoms with E-state index in [-0.39, 0.29) is 5.78 Å². The monoisotopic (exact) mass is 246 g/mol. The van der Waals surface area contributed by atoms with Crippen molar-refractivity contribution in [2.75, 3.05) is 0 Å². The molecule has 0 amide bonds. The Morgan fingerprint density at radius 1 is 0.789 bits per heavy atom. The molecular formula is C18H14O. The number of benzene rings is 3. The lowest BCUT2D eigenvalue weighted by Gasteiger charge is -2.11. The van der Waals surface area contributed by atoms with Crippen molar-refractivity contribution in [3.05, 3.63) is 72.3 Å². The van der Waals surface area contributed by atoms with Gasteiger partial charge in [-0.3, -0.25) is 4.79 Å². The van der Waals surface area contributed by atoms with Gasteiger partial charge in [0, 0.05) is 11.1 Å². The highest BCUT2D eigenvalue weighted by Gasteiger charge is 2.12. The van der Waals surface area contributed by atoms with E-state index in [1.165, 1.54) is 0 Å². The predicted molar refractivity (Wildman–Crippen MR) is 79.4 cm³/mol. The van der Waals surface area contributed by atoms with Crippen LogP contribution in [0.25, 0.3) is 21.9 Å². The Bertz CT molecular complexity index is 742. The smallest absolute Gasteiger partial charge is 0.160 e. The third-order valence-corrected chi connectivity index (χ3v) is 3.37. The lowest BCUT2D eigenvalue weighted by atomic mass is 9.92. The zero-order valence-corrected chi connectivity index (χ0v) is 10.8.